The molecule has 0 amide bonds. The molecule has 10 aromatic heterocycles. The molecule has 5 aromatic carbocycles. The monoisotopic (exact) mass is 1900 g/mol. The Bertz CT molecular complexity index is 6200. The van der Waals surface area contributed by atoms with Gasteiger partial charge in [0.15, 0.2) is 11.9 Å². The van der Waals surface area contributed by atoms with Crippen molar-refractivity contribution in [3.63, 3.8) is 0 Å². The molecule has 0 unspecified atom stereocenters. The van der Waals surface area contributed by atoms with Crippen molar-refractivity contribution in [3.05, 3.63) is 261 Å². The number of hydrogen-bond donors (Lipinski definition) is 8. The zero-order valence-corrected chi connectivity index (χ0v) is 83.3. The number of nitrogens with one attached hydrogen (secondary N) is 6. The van der Waals surface area contributed by atoms with Gasteiger partial charge in [-0.3, -0.25) is 20.8 Å². The molecule has 35 heteroatoms. The quantitative estimate of drug-likeness (QED) is 0.0259. The van der Waals surface area contributed by atoms with Crippen LogP contribution in [0, 0.1) is 115 Å². The number of nitrogens with zero attached hydrogens (tertiary/aromatic N) is 23. The van der Waals surface area contributed by atoms with E-state index in [9.17, 15) is 0 Å². The molecule has 0 spiro atoms. The number of nitrogens with two attached hydrogens (primary N) is 2. The fourth-order valence-electron chi connectivity index (χ4n) is 19.2. The van der Waals surface area contributed by atoms with Gasteiger partial charge < -0.3 is 61.5 Å². The van der Waals surface area contributed by atoms with Crippen molar-refractivity contribution >= 4 is 23.4 Å². The van der Waals surface area contributed by atoms with Crippen LogP contribution in [0.3, 0.4) is 0 Å². The lowest BCUT2D eigenvalue weighted by Gasteiger charge is -2.32. The molecule has 20 rings (SSSR count). The normalized spacial score (nSPS) is 14.9. The lowest BCUT2D eigenvalue weighted by molar-refractivity contribution is 0.250. The zero-order valence-electron chi connectivity index (χ0n) is 83.3. The number of aromatic nitrogens is 21. The van der Waals surface area contributed by atoms with E-state index < -0.39 is 0 Å². The van der Waals surface area contributed by atoms with E-state index in [1.54, 1.807) is 18.6 Å². The van der Waals surface area contributed by atoms with Gasteiger partial charge in [-0.1, -0.05) is 68.5 Å². The van der Waals surface area contributed by atoms with Gasteiger partial charge in [0.1, 0.15) is 63.1 Å². The van der Waals surface area contributed by atoms with Crippen molar-refractivity contribution in [3.8, 4) is 103 Å². The van der Waals surface area contributed by atoms with Gasteiger partial charge in [0.05, 0.1) is 93.3 Å². The number of pyridine rings is 4. The SMILES string of the molecule is Cc1cc(C)cc(Nc2cccc(-c3c(C)nnn3C3CCNCC3)n2)c1.Cc1cc(C)cc(Oc2cccc(-c3c(C)nnn3C3CCNCC3)n2)c1.Cc1cc(C)cc(Oc2ccnc(-c3c(C)nnn3C3CCN(C(=N)N)CC3)c2)c1.Cc1cc(C)cc(Oc2cncc(-c3c(C)nnn3C3CCN(C(=N)N)CC3)c2)c1.Cc1cc(C)cc(Oc2nccc(-c3c(C)nnn3C3CCNCC3)n2)c1. The van der Waals surface area contributed by atoms with E-state index in [1.807, 2.05) is 192 Å². The summed E-state index contributed by atoms with van der Waals surface area (Å²) >= 11 is 0. The highest BCUT2D eigenvalue weighted by atomic mass is 16.5. The maximum atomic E-state index is 7.63. The maximum absolute atomic E-state index is 7.63. The highest BCUT2D eigenvalue weighted by Gasteiger charge is 2.32. The van der Waals surface area contributed by atoms with Gasteiger partial charge in [0.25, 0.3) is 0 Å². The lowest BCUT2D eigenvalue weighted by atomic mass is 10.0. The van der Waals surface area contributed by atoms with Gasteiger partial charge in [-0.25, -0.2) is 38.4 Å². The van der Waals surface area contributed by atoms with Crippen molar-refractivity contribution in [2.75, 3.05) is 70.8 Å². The zero-order chi connectivity index (χ0) is 98.9. The number of guanidine groups is 2. The van der Waals surface area contributed by atoms with Crippen LogP contribution in [0.5, 0.6) is 46.4 Å². The first-order chi connectivity index (χ1) is 68.1. The fourth-order valence-corrected chi connectivity index (χ4v) is 19.2. The van der Waals surface area contributed by atoms with Crippen LogP contribution in [0.2, 0.25) is 0 Å². The molecule has 0 saturated carbocycles. The largest absolute Gasteiger partial charge is 0.457 e. The molecule has 10 N–H and O–H groups in total. The Balaban J connectivity index is 0.000000127. The number of likely N-dealkylation sites (tertiary alicyclic amines) is 2. The third-order valence-corrected chi connectivity index (χ3v) is 25.6. The van der Waals surface area contributed by atoms with Crippen molar-refractivity contribution in [2.24, 2.45) is 11.5 Å². The highest BCUT2D eigenvalue weighted by molar-refractivity contribution is 5.75. The van der Waals surface area contributed by atoms with Crippen LogP contribution in [0.15, 0.2) is 176 Å². The summed E-state index contributed by atoms with van der Waals surface area (Å²) in [6.07, 6.45) is 16.7. The first-order valence-corrected chi connectivity index (χ1v) is 48.6. The second-order valence-corrected chi connectivity index (χ2v) is 37.5. The molecule has 0 bridgehead atoms. The van der Waals surface area contributed by atoms with E-state index in [1.165, 1.54) is 22.3 Å². The van der Waals surface area contributed by atoms with Crippen LogP contribution in [0.25, 0.3) is 56.8 Å². The molecule has 15 aromatic rings. The molecule has 0 aliphatic carbocycles. The summed E-state index contributed by atoms with van der Waals surface area (Å²) < 4.78 is 34.2. The number of benzene rings is 5. The topological polar surface area (TPSA) is 422 Å². The summed E-state index contributed by atoms with van der Waals surface area (Å²) in [6, 6.07) is 52.4. The van der Waals surface area contributed by atoms with Crippen LogP contribution in [0.4, 0.5) is 11.5 Å². The number of hydrogen-bond acceptors (Lipinski definition) is 26. The van der Waals surface area contributed by atoms with Crippen molar-refractivity contribution in [1.29, 1.82) is 10.8 Å². The predicted molar refractivity (Wildman–Crippen MR) is 548 cm³/mol. The third-order valence-electron chi connectivity index (χ3n) is 25.6. The molecular formula is C106H129N31O4. The van der Waals surface area contributed by atoms with Crippen LogP contribution in [0.1, 0.15) is 179 Å². The van der Waals surface area contributed by atoms with Gasteiger partial charge in [-0.15, -0.1) is 25.5 Å². The first-order valence-electron chi connectivity index (χ1n) is 48.6. The molecule has 5 saturated heterocycles. The van der Waals surface area contributed by atoms with E-state index in [-0.39, 0.29) is 24.0 Å². The Morgan fingerprint density at radius 2 is 0.674 bits per heavy atom. The average molecular weight is 1900 g/mol. The fraction of sp³-hybridized carbons (Fsp3) is 0.377. The minimum Gasteiger partial charge on any atom is -0.457 e. The summed E-state index contributed by atoms with van der Waals surface area (Å²) in [5, 5.41) is 72.5. The summed E-state index contributed by atoms with van der Waals surface area (Å²) in [5.41, 5.74) is 37.5. The molecule has 5 aliphatic heterocycles. The predicted octanol–water partition coefficient (Wildman–Crippen LogP) is 18.5. The molecule has 5 aliphatic rings. The van der Waals surface area contributed by atoms with Crippen molar-refractivity contribution in [1.82, 2.24) is 131 Å². The average Bonchev–Trinajstić information content (AvgIpc) is 1.68. The first kappa shape index (κ1) is 98.9. The van der Waals surface area contributed by atoms with E-state index in [0.29, 0.717) is 35.8 Å². The standard InChI is InChI=1S/2C22H27N7O.C21H26N6.C21H25N5O.C20H24N6O/c1-14-10-15(2)12-19(11-14)30-18-4-7-25-20(13-18)21-16(3)26-27-29(21)17-5-8-28(9-6-17)22(23)24;1-14-8-15(2)10-19(9-14)30-20-11-17(12-25-13-20)21-16(3)26-27-29(21)18-4-6-28(7-5-18)22(23)24;1-14-11-15(2)13-17(12-14)23-20-6-4-5-19(24-20)21-16(3)25-26-27(21)18-7-9-22-10-8-18;1-14-11-15(2)13-18(12-14)27-20-6-4-5-19(23-20)21-16(3)24-25-26(21)17-7-9-22-10-8-17;1-13-10-14(2)12-17(11-13)27-20-22-9-6-18(23-20)19-15(3)24-25-26(19)16-4-7-21-8-5-16/h4,7,10-13,17H,5-6,8-9H2,1-3H3,(H3,23,24);8-13,18H,4-7H2,1-3H3,(H3,23,24);4-6,11-13,18,22H,7-10H2,1-3H3,(H,23,24);4-6,11-13,17,22H,7-10H2,1-3H3;6,9-12,16,21H,4-5,7-8H2,1-3H3. The van der Waals surface area contributed by atoms with Gasteiger partial charge >= 0.3 is 6.01 Å². The summed E-state index contributed by atoms with van der Waals surface area (Å²) in [4.78, 5) is 31.3. The third kappa shape index (κ3) is 25.5. The van der Waals surface area contributed by atoms with Gasteiger partial charge in [0.2, 0.25) is 5.88 Å². The van der Waals surface area contributed by atoms with E-state index in [2.05, 4.69) is 195 Å². The highest BCUT2D eigenvalue weighted by Crippen LogP contribution is 2.39. The molecular weight excluding hydrogens is 1770 g/mol. The minimum atomic E-state index is 0.126. The summed E-state index contributed by atoms with van der Waals surface area (Å²) in [5.74, 6) is 6.22. The molecule has 5 fully saturated rings. The van der Waals surface area contributed by atoms with Crippen LogP contribution >= 0.6 is 0 Å². The Morgan fingerprint density at radius 3 is 1.10 bits per heavy atom. The summed E-state index contributed by atoms with van der Waals surface area (Å²) in [7, 11) is 0. The lowest BCUT2D eigenvalue weighted by Crippen LogP contribution is -2.42. The van der Waals surface area contributed by atoms with E-state index in [4.69, 9.17) is 51.2 Å². The smallest absolute Gasteiger partial charge is 0.322 e. The maximum Gasteiger partial charge on any atom is 0.322 e. The number of aryl methyl sites for hydroxylation is 15. The Kier molecular flexibility index (Phi) is 32.0. The van der Waals surface area contributed by atoms with Gasteiger partial charge in [-0.2, -0.15) is 4.98 Å². The Morgan fingerprint density at radius 1 is 0.326 bits per heavy atom. The Labute approximate surface area is 823 Å². The number of piperidine rings is 5. The van der Waals surface area contributed by atoms with Crippen molar-refractivity contribution < 1.29 is 18.9 Å². The van der Waals surface area contributed by atoms with Gasteiger partial charge in [0, 0.05) is 68.2 Å². The molecule has 141 heavy (non-hydrogen) atoms. The number of anilines is 2. The molecule has 35 nitrogen and oxygen atoms in total. The number of ether oxygens (including phenoxy) is 4. The second kappa shape index (κ2) is 45.7. The van der Waals surface area contributed by atoms with Crippen molar-refractivity contribution in [2.45, 2.75) is 198 Å². The van der Waals surface area contributed by atoms with E-state index >= 15 is 0 Å². The summed E-state index contributed by atoms with van der Waals surface area (Å²) in [6.45, 7) is 39.5. The van der Waals surface area contributed by atoms with E-state index in [0.717, 1.165) is 289 Å². The molecule has 732 valence electrons. The number of rotatable bonds is 20. The van der Waals surface area contributed by atoms with Crippen LogP contribution in [-0.4, -0.2) is 192 Å². The minimum absolute atomic E-state index is 0.126. The molecule has 0 radical (unpaired) electrons. The Hall–Kier alpha value is -15.1. The van der Waals surface area contributed by atoms with Gasteiger partial charge in [-0.05, 0) is 360 Å². The van der Waals surface area contributed by atoms with Crippen LogP contribution < -0.4 is 51.7 Å². The molecule has 15 heterocycles. The molecule has 0 atom stereocenters. The second-order valence-electron chi connectivity index (χ2n) is 37.5. The van der Waals surface area contributed by atoms with Crippen LogP contribution in [-0.2, 0) is 0 Å².